The molecular weight excluding hydrogens is 366 g/mol. The minimum Gasteiger partial charge on any atom is -0.363 e. The summed E-state index contributed by atoms with van der Waals surface area (Å²) < 4.78 is 0.826. The Morgan fingerprint density at radius 1 is 1.23 bits per heavy atom. The van der Waals surface area contributed by atoms with Gasteiger partial charge in [-0.25, -0.2) is 0 Å². The minimum atomic E-state index is 0.177. The minimum absolute atomic E-state index is 0.177. The summed E-state index contributed by atoms with van der Waals surface area (Å²) in [4.78, 5) is 16.7. The number of nitrogens with one attached hydrogen (secondary N) is 1. The Labute approximate surface area is 162 Å². The quantitative estimate of drug-likeness (QED) is 0.735. The maximum atomic E-state index is 12.4. The van der Waals surface area contributed by atoms with E-state index >= 15 is 0 Å². The van der Waals surface area contributed by atoms with Crippen molar-refractivity contribution >= 4 is 40.2 Å². The summed E-state index contributed by atoms with van der Waals surface area (Å²) in [6, 6.07) is 10.3. The number of carbonyl (C=O) groups excluding carboxylic acids is 1. The molecule has 2 aromatic rings. The van der Waals surface area contributed by atoms with Gasteiger partial charge in [-0.2, -0.15) is 0 Å². The number of aromatic nitrogens is 2. The van der Waals surface area contributed by atoms with Gasteiger partial charge < -0.3 is 10.2 Å². The summed E-state index contributed by atoms with van der Waals surface area (Å²) in [5.41, 5.74) is 1.22. The largest absolute Gasteiger partial charge is 0.363 e. The molecule has 0 radical (unpaired) electrons. The van der Waals surface area contributed by atoms with Crippen molar-refractivity contribution in [3.63, 3.8) is 0 Å². The number of piperazine rings is 1. The predicted molar refractivity (Wildman–Crippen MR) is 109 cm³/mol. The average molecular weight is 390 g/mol. The molecule has 0 unspecified atom stereocenters. The van der Waals surface area contributed by atoms with Gasteiger partial charge in [-0.3, -0.25) is 9.69 Å². The molecular formula is C18H23N5OS2. The number of nitrogens with zero attached hydrogens (tertiary/aromatic N) is 4. The van der Waals surface area contributed by atoms with Crippen LogP contribution in [0, 0.1) is 0 Å². The van der Waals surface area contributed by atoms with Crippen LogP contribution in [0.1, 0.15) is 5.56 Å². The zero-order chi connectivity index (χ0) is 18.2. The van der Waals surface area contributed by atoms with Crippen LogP contribution >= 0.6 is 23.1 Å². The van der Waals surface area contributed by atoms with Gasteiger partial charge in [0.2, 0.25) is 11.0 Å². The molecule has 1 N–H and O–H groups in total. The molecule has 1 amide bonds. The van der Waals surface area contributed by atoms with Crippen molar-refractivity contribution in [2.75, 3.05) is 50.8 Å². The van der Waals surface area contributed by atoms with Gasteiger partial charge >= 0.3 is 0 Å². The molecule has 0 aliphatic carbocycles. The maximum Gasteiger partial charge on any atom is 0.233 e. The summed E-state index contributed by atoms with van der Waals surface area (Å²) in [6.07, 6.45) is 4.34. The van der Waals surface area contributed by atoms with Crippen LogP contribution in [0.15, 0.2) is 40.7 Å². The summed E-state index contributed by atoms with van der Waals surface area (Å²) in [7, 11) is 1.81. The van der Waals surface area contributed by atoms with E-state index in [2.05, 4.69) is 44.7 Å². The SMILES string of the molecule is CNc1nnc(SCC(=O)N2CCN(C/C=C/c3ccccc3)CC2)s1. The van der Waals surface area contributed by atoms with Gasteiger partial charge in [0.05, 0.1) is 5.75 Å². The smallest absolute Gasteiger partial charge is 0.233 e. The third kappa shape index (κ3) is 5.55. The van der Waals surface area contributed by atoms with Crippen LogP contribution in [-0.4, -0.2) is 71.4 Å². The van der Waals surface area contributed by atoms with E-state index in [1.54, 1.807) is 0 Å². The van der Waals surface area contributed by atoms with Crippen molar-refractivity contribution in [1.82, 2.24) is 20.0 Å². The second-order valence-corrected chi connectivity index (χ2v) is 8.11. The average Bonchev–Trinajstić information content (AvgIpc) is 3.16. The standard InChI is InChI=1S/C18H23N5OS2/c1-19-17-20-21-18(26-17)25-14-16(24)23-12-10-22(11-13-23)9-5-8-15-6-3-2-4-7-15/h2-8H,9-14H2,1H3,(H,19,20)/b8-5+. The maximum absolute atomic E-state index is 12.4. The predicted octanol–water partition coefficient (Wildman–Crippen LogP) is 2.53. The Hall–Kier alpha value is -1.90. The van der Waals surface area contributed by atoms with Crippen LogP contribution in [-0.2, 0) is 4.79 Å². The number of carbonyl (C=O) groups is 1. The molecule has 26 heavy (non-hydrogen) atoms. The molecule has 1 fully saturated rings. The Kier molecular flexibility index (Phi) is 7.04. The molecule has 1 saturated heterocycles. The lowest BCUT2D eigenvalue weighted by atomic mass is 10.2. The molecule has 6 nitrogen and oxygen atoms in total. The van der Waals surface area contributed by atoms with E-state index in [4.69, 9.17) is 0 Å². The number of benzene rings is 1. The van der Waals surface area contributed by atoms with Crippen LogP contribution in [0.3, 0.4) is 0 Å². The topological polar surface area (TPSA) is 61.4 Å². The molecule has 1 aromatic carbocycles. The van der Waals surface area contributed by atoms with E-state index in [-0.39, 0.29) is 5.91 Å². The van der Waals surface area contributed by atoms with Gasteiger partial charge in [0, 0.05) is 39.8 Å². The monoisotopic (exact) mass is 389 g/mol. The van der Waals surface area contributed by atoms with Crippen molar-refractivity contribution in [2.45, 2.75) is 4.34 Å². The number of rotatable bonds is 7. The molecule has 138 valence electrons. The van der Waals surface area contributed by atoms with Crippen LogP contribution in [0.4, 0.5) is 5.13 Å². The number of anilines is 1. The zero-order valence-electron chi connectivity index (χ0n) is 14.8. The lowest BCUT2D eigenvalue weighted by Gasteiger charge is -2.34. The van der Waals surface area contributed by atoms with Crippen LogP contribution < -0.4 is 5.32 Å². The molecule has 3 rings (SSSR count). The summed E-state index contributed by atoms with van der Waals surface area (Å²) >= 11 is 2.93. The first-order chi connectivity index (χ1) is 12.7. The summed E-state index contributed by atoms with van der Waals surface area (Å²) in [5.74, 6) is 0.599. The third-order valence-corrected chi connectivity index (χ3v) is 6.20. The van der Waals surface area contributed by atoms with Crippen molar-refractivity contribution in [3.05, 3.63) is 42.0 Å². The van der Waals surface area contributed by atoms with Gasteiger partial charge in [-0.1, -0.05) is 65.6 Å². The molecule has 1 aliphatic rings. The second-order valence-electron chi connectivity index (χ2n) is 5.91. The normalized spacial score (nSPS) is 15.5. The van der Waals surface area contributed by atoms with Gasteiger partial charge in [0.1, 0.15) is 0 Å². The van der Waals surface area contributed by atoms with Crippen LogP contribution in [0.25, 0.3) is 6.08 Å². The van der Waals surface area contributed by atoms with Crippen molar-refractivity contribution in [1.29, 1.82) is 0 Å². The molecule has 8 heteroatoms. The van der Waals surface area contributed by atoms with Crippen molar-refractivity contribution in [2.24, 2.45) is 0 Å². The van der Waals surface area contributed by atoms with Crippen LogP contribution in [0.5, 0.6) is 0 Å². The molecule has 0 bridgehead atoms. The Morgan fingerprint density at radius 3 is 2.69 bits per heavy atom. The molecule has 0 atom stereocenters. The molecule has 0 saturated carbocycles. The highest BCUT2D eigenvalue weighted by atomic mass is 32.2. The zero-order valence-corrected chi connectivity index (χ0v) is 16.4. The Morgan fingerprint density at radius 2 is 2.00 bits per heavy atom. The highest BCUT2D eigenvalue weighted by molar-refractivity contribution is 8.01. The lowest BCUT2D eigenvalue weighted by Crippen LogP contribution is -2.49. The van der Waals surface area contributed by atoms with Crippen LogP contribution in [0.2, 0.25) is 0 Å². The lowest BCUT2D eigenvalue weighted by molar-refractivity contribution is -0.129. The fourth-order valence-electron chi connectivity index (χ4n) is 2.67. The fourth-order valence-corrected chi connectivity index (χ4v) is 4.27. The van der Waals surface area contributed by atoms with E-state index < -0.39 is 0 Å². The first-order valence-electron chi connectivity index (χ1n) is 8.60. The van der Waals surface area contributed by atoms with Gasteiger partial charge in [-0.05, 0) is 5.56 Å². The number of hydrogen-bond acceptors (Lipinski definition) is 7. The highest BCUT2D eigenvalue weighted by Gasteiger charge is 2.20. The molecule has 1 aliphatic heterocycles. The third-order valence-electron chi connectivity index (χ3n) is 4.14. The van der Waals surface area contributed by atoms with Gasteiger partial charge in [0.25, 0.3) is 0 Å². The number of amides is 1. The summed E-state index contributed by atoms with van der Waals surface area (Å²) in [5, 5.41) is 11.8. The first kappa shape index (κ1) is 18.9. The second kappa shape index (κ2) is 9.70. The Balaban J connectivity index is 1.37. The van der Waals surface area contributed by atoms with E-state index in [0.717, 1.165) is 42.2 Å². The van der Waals surface area contributed by atoms with E-state index in [1.807, 2.05) is 30.1 Å². The Bertz CT molecular complexity index is 726. The molecule has 2 heterocycles. The molecule has 1 aromatic heterocycles. The first-order valence-corrected chi connectivity index (χ1v) is 10.4. The number of hydrogen-bond donors (Lipinski definition) is 1. The van der Waals surface area contributed by atoms with Gasteiger partial charge in [0.15, 0.2) is 4.34 Å². The van der Waals surface area contributed by atoms with E-state index in [0.29, 0.717) is 5.75 Å². The van der Waals surface area contributed by atoms with E-state index in [1.165, 1.54) is 28.7 Å². The fraction of sp³-hybridized carbons (Fsp3) is 0.389. The van der Waals surface area contributed by atoms with Gasteiger partial charge in [-0.15, -0.1) is 10.2 Å². The highest BCUT2D eigenvalue weighted by Crippen LogP contribution is 2.25. The van der Waals surface area contributed by atoms with E-state index in [9.17, 15) is 4.79 Å². The summed E-state index contributed by atoms with van der Waals surface area (Å²) in [6.45, 7) is 4.33. The number of thioether (sulfide) groups is 1. The van der Waals surface area contributed by atoms with Crippen molar-refractivity contribution in [3.8, 4) is 0 Å². The van der Waals surface area contributed by atoms with Crippen molar-refractivity contribution < 1.29 is 4.79 Å². The molecule has 0 spiro atoms.